The molecular weight excluding hydrogens is 280 g/mol. The van der Waals surface area contributed by atoms with Crippen LogP contribution in [0.2, 0.25) is 0 Å². The van der Waals surface area contributed by atoms with E-state index in [-0.39, 0.29) is 5.92 Å². The van der Waals surface area contributed by atoms with Gasteiger partial charge < -0.3 is 5.73 Å². The standard InChI is InChI=1S/C13H22N2O2S2/c1-10-5-3-4-8-13(10,9-14)15-19(16,17)12-7-6-11(2)18-12/h6-7,10,15H,3-5,8-9,14H2,1-2H3. The van der Waals surface area contributed by atoms with E-state index in [9.17, 15) is 8.42 Å². The Bertz CT molecular complexity index is 539. The molecule has 1 saturated carbocycles. The summed E-state index contributed by atoms with van der Waals surface area (Å²) in [7, 11) is -3.45. The lowest BCUT2D eigenvalue weighted by molar-refractivity contribution is 0.191. The molecule has 2 rings (SSSR count). The minimum Gasteiger partial charge on any atom is -0.329 e. The molecule has 0 aliphatic heterocycles. The third-order valence-electron chi connectivity index (χ3n) is 4.14. The number of nitrogens with two attached hydrogens (primary N) is 1. The van der Waals surface area contributed by atoms with Gasteiger partial charge in [0.05, 0.1) is 0 Å². The molecule has 2 unspecified atom stereocenters. The molecule has 1 aliphatic rings. The summed E-state index contributed by atoms with van der Waals surface area (Å²) in [6, 6.07) is 3.50. The molecule has 1 aromatic heterocycles. The summed E-state index contributed by atoms with van der Waals surface area (Å²) in [6.45, 7) is 4.36. The Labute approximate surface area is 119 Å². The fourth-order valence-corrected chi connectivity index (χ4v) is 5.60. The molecule has 3 N–H and O–H groups in total. The molecule has 1 aromatic rings. The summed E-state index contributed by atoms with van der Waals surface area (Å²) in [5, 5.41) is 0. The summed E-state index contributed by atoms with van der Waals surface area (Å²) in [5.74, 6) is 0.280. The summed E-state index contributed by atoms with van der Waals surface area (Å²) in [5.41, 5.74) is 5.42. The first-order chi connectivity index (χ1) is 8.89. The molecule has 1 aliphatic carbocycles. The molecule has 6 heteroatoms. The number of sulfonamides is 1. The van der Waals surface area contributed by atoms with Crippen molar-refractivity contribution in [2.24, 2.45) is 11.7 Å². The number of nitrogens with one attached hydrogen (secondary N) is 1. The minimum atomic E-state index is -3.45. The molecule has 1 heterocycles. The number of hydrogen-bond donors (Lipinski definition) is 2. The molecule has 0 bridgehead atoms. The van der Waals surface area contributed by atoms with Gasteiger partial charge in [-0.2, -0.15) is 0 Å². The maximum absolute atomic E-state index is 12.5. The highest BCUT2D eigenvalue weighted by Gasteiger charge is 2.40. The topological polar surface area (TPSA) is 72.2 Å². The third-order valence-corrected chi connectivity index (χ3v) is 7.18. The van der Waals surface area contributed by atoms with Gasteiger partial charge in [-0.3, -0.25) is 0 Å². The number of aryl methyl sites for hydroxylation is 1. The predicted octanol–water partition coefficient (Wildman–Crippen LogP) is 2.24. The molecule has 108 valence electrons. The van der Waals surface area contributed by atoms with Crippen LogP contribution in [0.1, 0.15) is 37.5 Å². The first-order valence-corrected chi connectivity index (χ1v) is 9.00. The Morgan fingerprint density at radius 1 is 1.47 bits per heavy atom. The Hall–Kier alpha value is -0.430. The van der Waals surface area contributed by atoms with Crippen LogP contribution < -0.4 is 10.5 Å². The lowest BCUT2D eigenvalue weighted by Crippen LogP contribution is -2.58. The SMILES string of the molecule is Cc1ccc(S(=O)(=O)NC2(CN)CCCCC2C)s1. The second-order valence-corrected chi connectivity index (χ2v) is 8.67. The van der Waals surface area contributed by atoms with Crippen LogP contribution in [0.25, 0.3) is 0 Å². The maximum atomic E-state index is 12.5. The van der Waals surface area contributed by atoms with E-state index < -0.39 is 15.6 Å². The molecule has 19 heavy (non-hydrogen) atoms. The van der Waals surface area contributed by atoms with Crippen LogP contribution in [0.4, 0.5) is 0 Å². The molecule has 1 fully saturated rings. The number of rotatable bonds is 4. The van der Waals surface area contributed by atoms with Crippen LogP contribution in [0.3, 0.4) is 0 Å². The average molecular weight is 302 g/mol. The highest BCUT2D eigenvalue weighted by Crippen LogP contribution is 2.34. The highest BCUT2D eigenvalue weighted by atomic mass is 32.2. The van der Waals surface area contributed by atoms with E-state index in [1.807, 2.05) is 13.0 Å². The molecular formula is C13H22N2O2S2. The van der Waals surface area contributed by atoms with Gasteiger partial charge in [-0.15, -0.1) is 11.3 Å². The third kappa shape index (κ3) is 3.02. The molecule has 0 amide bonds. The van der Waals surface area contributed by atoms with Gasteiger partial charge in [0, 0.05) is 17.0 Å². The van der Waals surface area contributed by atoms with Crippen LogP contribution in [-0.2, 0) is 10.0 Å². The zero-order valence-electron chi connectivity index (χ0n) is 11.5. The first-order valence-electron chi connectivity index (χ1n) is 6.70. The monoisotopic (exact) mass is 302 g/mol. The van der Waals surface area contributed by atoms with Crippen LogP contribution in [-0.4, -0.2) is 20.5 Å². The van der Waals surface area contributed by atoms with Crippen LogP contribution in [0.15, 0.2) is 16.3 Å². The molecule has 0 radical (unpaired) electrons. The van der Waals surface area contributed by atoms with Crippen molar-refractivity contribution in [2.75, 3.05) is 6.54 Å². The normalized spacial score (nSPS) is 28.5. The average Bonchev–Trinajstić information content (AvgIpc) is 2.80. The van der Waals surface area contributed by atoms with Crippen molar-refractivity contribution in [3.8, 4) is 0 Å². The highest BCUT2D eigenvalue weighted by molar-refractivity contribution is 7.91. The van der Waals surface area contributed by atoms with Gasteiger partial charge in [-0.05, 0) is 37.8 Å². The van der Waals surface area contributed by atoms with Crippen molar-refractivity contribution in [3.05, 3.63) is 17.0 Å². The van der Waals surface area contributed by atoms with Gasteiger partial charge in [0.1, 0.15) is 4.21 Å². The lowest BCUT2D eigenvalue weighted by atomic mass is 9.74. The predicted molar refractivity (Wildman–Crippen MR) is 78.8 cm³/mol. The fourth-order valence-electron chi connectivity index (χ4n) is 2.78. The van der Waals surface area contributed by atoms with Crippen LogP contribution in [0.5, 0.6) is 0 Å². The van der Waals surface area contributed by atoms with E-state index >= 15 is 0 Å². The molecule has 0 saturated heterocycles. The van der Waals surface area contributed by atoms with Crippen molar-refractivity contribution in [1.29, 1.82) is 0 Å². The van der Waals surface area contributed by atoms with Crippen molar-refractivity contribution in [3.63, 3.8) is 0 Å². The second-order valence-electron chi connectivity index (χ2n) is 5.48. The van der Waals surface area contributed by atoms with Gasteiger partial charge in [0.25, 0.3) is 10.0 Å². The van der Waals surface area contributed by atoms with Gasteiger partial charge in [0.2, 0.25) is 0 Å². The smallest absolute Gasteiger partial charge is 0.250 e. The zero-order valence-corrected chi connectivity index (χ0v) is 13.1. The van der Waals surface area contributed by atoms with E-state index in [1.54, 1.807) is 6.07 Å². The van der Waals surface area contributed by atoms with Crippen molar-refractivity contribution >= 4 is 21.4 Å². The van der Waals surface area contributed by atoms with Crippen molar-refractivity contribution in [1.82, 2.24) is 4.72 Å². The summed E-state index contributed by atoms with van der Waals surface area (Å²) < 4.78 is 28.2. The maximum Gasteiger partial charge on any atom is 0.250 e. The quantitative estimate of drug-likeness (QED) is 0.896. The largest absolute Gasteiger partial charge is 0.329 e. The summed E-state index contributed by atoms with van der Waals surface area (Å²) in [4.78, 5) is 0.999. The minimum absolute atomic E-state index is 0.280. The van der Waals surface area contributed by atoms with Gasteiger partial charge in [-0.1, -0.05) is 19.8 Å². The molecule has 2 atom stereocenters. The summed E-state index contributed by atoms with van der Waals surface area (Å²) in [6.07, 6.45) is 4.05. The van der Waals surface area contributed by atoms with E-state index in [4.69, 9.17) is 5.73 Å². The van der Waals surface area contributed by atoms with Crippen molar-refractivity contribution < 1.29 is 8.42 Å². The van der Waals surface area contributed by atoms with E-state index in [1.165, 1.54) is 11.3 Å². The summed E-state index contributed by atoms with van der Waals surface area (Å²) >= 11 is 1.30. The van der Waals surface area contributed by atoms with E-state index in [0.29, 0.717) is 10.8 Å². The van der Waals surface area contributed by atoms with Gasteiger partial charge in [0.15, 0.2) is 0 Å². The molecule has 0 aromatic carbocycles. The Morgan fingerprint density at radius 2 is 2.21 bits per heavy atom. The number of hydrogen-bond acceptors (Lipinski definition) is 4. The van der Waals surface area contributed by atoms with Crippen LogP contribution >= 0.6 is 11.3 Å². The Kier molecular flexibility index (Phi) is 4.35. The Morgan fingerprint density at radius 3 is 2.74 bits per heavy atom. The van der Waals surface area contributed by atoms with E-state index in [2.05, 4.69) is 11.6 Å². The Balaban J connectivity index is 2.27. The molecule has 4 nitrogen and oxygen atoms in total. The lowest BCUT2D eigenvalue weighted by Gasteiger charge is -2.42. The zero-order chi connectivity index (χ0) is 14.1. The van der Waals surface area contributed by atoms with Gasteiger partial charge >= 0.3 is 0 Å². The first kappa shape index (κ1) is 15.0. The van der Waals surface area contributed by atoms with Crippen molar-refractivity contribution in [2.45, 2.75) is 49.3 Å². The van der Waals surface area contributed by atoms with E-state index in [0.717, 1.165) is 30.6 Å². The van der Waals surface area contributed by atoms with Crippen LogP contribution in [0, 0.1) is 12.8 Å². The fraction of sp³-hybridized carbons (Fsp3) is 0.692. The van der Waals surface area contributed by atoms with Gasteiger partial charge in [-0.25, -0.2) is 13.1 Å². The molecule has 0 spiro atoms. The second kappa shape index (κ2) is 5.52. The number of thiophene rings is 1.